The monoisotopic (exact) mass is 326 g/mol. The van der Waals surface area contributed by atoms with E-state index in [2.05, 4.69) is 15.4 Å². The van der Waals surface area contributed by atoms with Gasteiger partial charge in [-0.1, -0.05) is 12.1 Å². The van der Waals surface area contributed by atoms with Crippen LogP contribution in [0.1, 0.15) is 18.5 Å². The van der Waals surface area contributed by atoms with Crippen LogP contribution < -0.4 is 15.4 Å². The zero-order valence-corrected chi connectivity index (χ0v) is 12.5. The summed E-state index contributed by atoms with van der Waals surface area (Å²) in [5.41, 5.74) is 0.786. The molecule has 120 valence electrons. The van der Waals surface area contributed by atoms with Gasteiger partial charge in [0.1, 0.15) is 5.75 Å². The topological polar surface area (TPSA) is 50.4 Å². The van der Waals surface area contributed by atoms with Crippen molar-refractivity contribution in [2.45, 2.75) is 19.1 Å². The van der Waals surface area contributed by atoms with E-state index in [-0.39, 0.29) is 36.7 Å². The Kier molecular flexibility index (Phi) is 8.12. The number of likely N-dealkylation sites (N-methyl/N-ethyl adjacent to an activating group) is 1. The average molecular weight is 327 g/mol. The highest BCUT2D eigenvalue weighted by molar-refractivity contribution is 5.85. The van der Waals surface area contributed by atoms with Crippen molar-refractivity contribution in [3.8, 4) is 5.75 Å². The SMILES string of the molecule is CNCC(=O)NC(C)c1ccc(OCC(F)(F)F)cc1.Cl. The second-order valence-electron chi connectivity index (χ2n) is 4.29. The van der Waals surface area contributed by atoms with Crippen molar-refractivity contribution >= 4 is 18.3 Å². The van der Waals surface area contributed by atoms with Gasteiger partial charge in [-0.15, -0.1) is 12.4 Å². The van der Waals surface area contributed by atoms with Gasteiger partial charge in [-0.2, -0.15) is 13.2 Å². The molecular formula is C13H18ClF3N2O2. The van der Waals surface area contributed by atoms with Crippen LogP contribution in [0.5, 0.6) is 5.75 Å². The Morgan fingerprint density at radius 3 is 2.33 bits per heavy atom. The highest BCUT2D eigenvalue weighted by atomic mass is 35.5. The van der Waals surface area contributed by atoms with Gasteiger partial charge in [-0.05, 0) is 31.7 Å². The first-order valence-corrected chi connectivity index (χ1v) is 6.05. The van der Waals surface area contributed by atoms with Crippen LogP contribution in [-0.4, -0.2) is 32.3 Å². The van der Waals surface area contributed by atoms with Crippen LogP contribution in [-0.2, 0) is 4.79 Å². The van der Waals surface area contributed by atoms with E-state index in [9.17, 15) is 18.0 Å². The molecule has 0 saturated heterocycles. The third kappa shape index (κ3) is 7.77. The molecule has 1 unspecified atom stereocenters. The molecule has 0 saturated carbocycles. The van der Waals surface area contributed by atoms with E-state index in [4.69, 9.17) is 0 Å². The molecule has 0 fully saturated rings. The van der Waals surface area contributed by atoms with Gasteiger partial charge in [0.05, 0.1) is 12.6 Å². The maximum atomic E-state index is 12.0. The molecule has 0 spiro atoms. The number of ether oxygens (including phenoxy) is 1. The smallest absolute Gasteiger partial charge is 0.422 e. The van der Waals surface area contributed by atoms with Crippen molar-refractivity contribution in [1.29, 1.82) is 0 Å². The number of carbonyl (C=O) groups is 1. The van der Waals surface area contributed by atoms with Gasteiger partial charge < -0.3 is 15.4 Å². The minimum atomic E-state index is -4.35. The Balaban J connectivity index is 0.00000400. The molecule has 1 aromatic rings. The lowest BCUT2D eigenvalue weighted by molar-refractivity contribution is -0.153. The number of alkyl halides is 3. The van der Waals surface area contributed by atoms with E-state index < -0.39 is 12.8 Å². The standard InChI is InChI=1S/C13H17F3N2O2.ClH/c1-9(18-12(19)7-17-2)10-3-5-11(6-4-10)20-8-13(14,15)16;/h3-6,9,17H,7-8H2,1-2H3,(H,18,19);1H. The van der Waals surface area contributed by atoms with Crippen LogP contribution in [0.15, 0.2) is 24.3 Å². The summed E-state index contributed by atoms with van der Waals surface area (Å²) in [6.45, 7) is 0.678. The Morgan fingerprint density at radius 2 is 1.86 bits per heavy atom. The molecule has 4 nitrogen and oxygen atoms in total. The summed E-state index contributed by atoms with van der Waals surface area (Å²) in [5, 5.41) is 5.48. The Hall–Kier alpha value is -1.47. The minimum Gasteiger partial charge on any atom is -0.484 e. The lowest BCUT2D eigenvalue weighted by Crippen LogP contribution is -2.33. The summed E-state index contributed by atoms with van der Waals surface area (Å²) in [6.07, 6.45) is -4.35. The molecule has 0 radical (unpaired) electrons. The number of carbonyl (C=O) groups excluding carboxylic acids is 1. The quantitative estimate of drug-likeness (QED) is 0.844. The van der Waals surface area contributed by atoms with E-state index in [1.165, 1.54) is 12.1 Å². The molecule has 1 atom stereocenters. The molecule has 0 bridgehead atoms. The summed E-state index contributed by atoms with van der Waals surface area (Å²) in [7, 11) is 1.66. The first-order chi connectivity index (χ1) is 9.31. The summed E-state index contributed by atoms with van der Waals surface area (Å²) < 4.78 is 40.6. The van der Waals surface area contributed by atoms with Crippen LogP contribution in [0.25, 0.3) is 0 Å². The highest BCUT2D eigenvalue weighted by Gasteiger charge is 2.28. The van der Waals surface area contributed by atoms with Crippen molar-refractivity contribution in [2.24, 2.45) is 0 Å². The molecule has 1 amide bonds. The maximum Gasteiger partial charge on any atom is 0.422 e. The van der Waals surface area contributed by atoms with Crippen molar-refractivity contribution in [3.05, 3.63) is 29.8 Å². The van der Waals surface area contributed by atoms with Gasteiger partial charge in [-0.3, -0.25) is 4.79 Å². The van der Waals surface area contributed by atoms with Crippen LogP contribution in [0.2, 0.25) is 0 Å². The van der Waals surface area contributed by atoms with Gasteiger partial charge in [0.15, 0.2) is 6.61 Å². The molecular weight excluding hydrogens is 309 g/mol. The van der Waals surface area contributed by atoms with Crippen LogP contribution in [0, 0.1) is 0 Å². The van der Waals surface area contributed by atoms with E-state index in [1.54, 1.807) is 26.1 Å². The van der Waals surface area contributed by atoms with Crippen molar-refractivity contribution in [1.82, 2.24) is 10.6 Å². The number of amides is 1. The Morgan fingerprint density at radius 1 is 1.29 bits per heavy atom. The Bertz CT molecular complexity index is 438. The normalized spacial score (nSPS) is 12.2. The molecule has 1 rings (SSSR count). The lowest BCUT2D eigenvalue weighted by Gasteiger charge is -2.15. The van der Waals surface area contributed by atoms with Crippen molar-refractivity contribution < 1.29 is 22.7 Å². The predicted octanol–water partition coefficient (Wildman–Crippen LogP) is 2.45. The zero-order valence-electron chi connectivity index (χ0n) is 11.7. The molecule has 0 aliphatic rings. The van der Waals surface area contributed by atoms with E-state index >= 15 is 0 Å². The van der Waals surface area contributed by atoms with Gasteiger partial charge in [0.25, 0.3) is 0 Å². The fraction of sp³-hybridized carbons (Fsp3) is 0.462. The van der Waals surface area contributed by atoms with Gasteiger partial charge in [-0.25, -0.2) is 0 Å². The van der Waals surface area contributed by atoms with Gasteiger partial charge in [0, 0.05) is 0 Å². The number of nitrogens with one attached hydrogen (secondary N) is 2. The second-order valence-corrected chi connectivity index (χ2v) is 4.29. The number of hydrogen-bond acceptors (Lipinski definition) is 3. The maximum absolute atomic E-state index is 12.0. The lowest BCUT2D eigenvalue weighted by atomic mass is 10.1. The third-order valence-electron chi connectivity index (χ3n) is 2.50. The second kappa shape index (κ2) is 8.74. The number of hydrogen-bond donors (Lipinski definition) is 2. The van der Waals surface area contributed by atoms with Crippen molar-refractivity contribution in [3.63, 3.8) is 0 Å². The van der Waals surface area contributed by atoms with E-state index in [0.29, 0.717) is 0 Å². The molecule has 1 aromatic carbocycles. The molecule has 0 aliphatic heterocycles. The Labute approximate surface area is 127 Å². The molecule has 21 heavy (non-hydrogen) atoms. The first-order valence-electron chi connectivity index (χ1n) is 6.05. The summed E-state index contributed by atoms with van der Waals surface area (Å²) in [5.74, 6) is -0.0165. The van der Waals surface area contributed by atoms with Crippen LogP contribution in [0.3, 0.4) is 0 Å². The van der Waals surface area contributed by atoms with Gasteiger partial charge >= 0.3 is 6.18 Å². The number of benzene rings is 1. The first kappa shape index (κ1) is 19.5. The van der Waals surface area contributed by atoms with Crippen LogP contribution in [0.4, 0.5) is 13.2 Å². The predicted molar refractivity (Wildman–Crippen MR) is 75.7 cm³/mol. The minimum absolute atomic E-state index is 0. The fourth-order valence-electron chi connectivity index (χ4n) is 1.55. The van der Waals surface area contributed by atoms with Gasteiger partial charge in [0.2, 0.25) is 5.91 Å². The largest absolute Gasteiger partial charge is 0.484 e. The molecule has 0 aliphatic carbocycles. The molecule has 0 heterocycles. The zero-order chi connectivity index (χ0) is 15.2. The summed E-state index contributed by atoms with van der Waals surface area (Å²) >= 11 is 0. The molecule has 0 aromatic heterocycles. The number of halogens is 4. The highest BCUT2D eigenvalue weighted by Crippen LogP contribution is 2.20. The fourth-order valence-corrected chi connectivity index (χ4v) is 1.55. The van der Waals surface area contributed by atoms with Crippen LogP contribution >= 0.6 is 12.4 Å². The number of rotatable bonds is 6. The van der Waals surface area contributed by atoms with Crippen molar-refractivity contribution in [2.75, 3.05) is 20.2 Å². The van der Waals surface area contributed by atoms with E-state index in [0.717, 1.165) is 5.56 Å². The average Bonchev–Trinajstić information content (AvgIpc) is 2.36. The molecule has 2 N–H and O–H groups in total. The summed E-state index contributed by atoms with van der Waals surface area (Å²) in [6, 6.07) is 5.91. The summed E-state index contributed by atoms with van der Waals surface area (Å²) in [4.78, 5) is 11.4. The molecule has 8 heteroatoms. The third-order valence-corrected chi connectivity index (χ3v) is 2.50. The van der Waals surface area contributed by atoms with E-state index in [1.807, 2.05) is 0 Å².